The molecule has 1 nitrogen and oxygen atoms in total. The number of hydrogen-bond donors (Lipinski definition) is 1. The van der Waals surface area contributed by atoms with E-state index >= 15 is 0 Å². The van der Waals surface area contributed by atoms with Crippen molar-refractivity contribution in [3.8, 4) is 0 Å². The first-order chi connectivity index (χ1) is 6.56. The van der Waals surface area contributed by atoms with Gasteiger partial charge in [-0.2, -0.15) is 0 Å². The highest BCUT2D eigenvalue weighted by molar-refractivity contribution is 7.12. The minimum absolute atomic E-state index is 0.527. The smallest absolute Gasteiger partial charge is 0.0440 e. The molecule has 1 aromatic rings. The summed E-state index contributed by atoms with van der Waals surface area (Å²) in [6, 6.07) is 2.81. The van der Waals surface area contributed by atoms with Gasteiger partial charge in [0.15, 0.2) is 0 Å². The fourth-order valence-corrected chi connectivity index (χ4v) is 3.10. The van der Waals surface area contributed by atoms with E-state index in [2.05, 4.69) is 46.0 Å². The molecule has 1 rings (SSSR count). The first-order valence-electron chi connectivity index (χ1n) is 5.36. The summed E-state index contributed by atoms with van der Waals surface area (Å²) < 4.78 is 0. The van der Waals surface area contributed by atoms with Crippen LogP contribution in [0.15, 0.2) is 6.07 Å². The second-order valence-electron chi connectivity index (χ2n) is 4.18. The summed E-state index contributed by atoms with van der Waals surface area (Å²) in [5, 5.41) is 3.56. The van der Waals surface area contributed by atoms with Crippen LogP contribution in [0.1, 0.15) is 42.1 Å². The van der Waals surface area contributed by atoms with Gasteiger partial charge in [-0.05, 0) is 37.9 Å². The van der Waals surface area contributed by atoms with Crippen molar-refractivity contribution in [2.24, 2.45) is 5.92 Å². The zero-order chi connectivity index (χ0) is 10.7. The highest BCUT2D eigenvalue weighted by Gasteiger charge is 2.18. The zero-order valence-electron chi connectivity index (χ0n) is 9.85. The number of rotatable bonds is 4. The summed E-state index contributed by atoms with van der Waals surface area (Å²) in [6.07, 6.45) is 0. The van der Waals surface area contributed by atoms with Gasteiger partial charge in [0.1, 0.15) is 0 Å². The van der Waals surface area contributed by atoms with E-state index in [9.17, 15) is 0 Å². The number of hydrogen-bond acceptors (Lipinski definition) is 2. The van der Waals surface area contributed by atoms with Gasteiger partial charge in [-0.15, -0.1) is 11.3 Å². The predicted octanol–water partition coefficient (Wildman–Crippen LogP) is 3.67. The van der Waals surface area contributed by atoms with Gasteiger partial charge in [0.05, 0.1) is 0 Å². The first-order valence-corrected chi connectivity index (χ1v) is 6.18. The Morgan fingerprint density at radius 3 is 2.36 bits per heavy atom. The van der Waals surface area contributed by atoms with Crippen molar-refractivity contribution in [1.82, 2.24) is 5.32 Å². The van der Waals surface area contributed by atoms with Gasteiger partial charge in [-0.3, -0.25) is 0 Å². The largest absolute Gasteiger partial charge is 0.309 e. The van der Waals surface area contributed by atoms with E-state index in [0.717, 1.165) is 6.54 Å². The van der Waals surface area contributed by atoms with Gasteiger partial charge in [-0.25, -0.2) is 0 Å². The molecule has 0 fully saturated rings. The van der Waals surface area contributed by atoms with Gasteiger partial charge in [0, 0.05) is 15.8 Å². The minimum Gasteiger partial charge on any atom is -0.309 e. The Balaban J connectivity index is 2.92. The van der Waals surface area contributed by atoms with E-state index in [1.54, 1.807) is 0 Å². The van der Waals surface area contributed by atoms with Crippen LogP contribution in [0.25, 0.3) is 0 Å². The quantitative estimate of drug-likeness (QED) is 0.801. The van der Waals surface area contributed by atoms with E-state index in [0.29, 0.717) is 12.0 Å². The molecule has 0 spiro atoms. The Bertz CT molecular complexity index is 289. The molecular weight excluding hydrogens is 190 g/mol. The highest BCUT2D eigenvalue weighted by atomic mass is 32.1. The van der Waals surface area contributed by atoms with Gasteiger partial charge in [-0.1, -0.05) is 20.8 Å². The molecule has 14 heavy (non-hydrogen) atoms. The third-order valence-corrected chi connectivity index (χ3v) is 3.69. The Morgan fingerprint density at radius 2 is 2.00 bits per heavy atom. The standard InChI is InChI=1S/C12H21NS/c1-6-13-11(8(2)3)12-9(4)7-10(5)14-12/h7-8,11,13H,6H2,1-5H3. The van der Waals surface area contributed by atoms with E-state index in [1.165, 1.54) is 15.3 Å². The number of aryl methyl sites for hydroxylation is 2. The summed E-state index contributed by atoms with van der Waals surface area (Å²) in [6.45, 7) is 12.2. The number of thiophene rings is 1. The van der Waals surface area contributed by atoms with Crippen molar-refractivity contribution >= 4 is 11.3 Å². The van der Waals surface area contributed by atoms with Crippen molar-refractivity contribution in [3.05, 3.63) is 21.4 Å². The van der Waals surface area contributed by atoms with Crippen molar-refractivity contribution in [3.63, 3.8) is 0 Å². The van der Waals surface area contributed by atoms with Crippen LogP contribution in [0, 0.1) is 19.8 Å². The molecule has 0 amide bonds. The third kappa shape index (κ3) is 2.58. The molecule has 2 heteroatoms. The first kappa shape index (κ1) is 11.7. The second kappa shape index (κ2) is 4.94. The maximum atomic E-state index is 3.56. The van der Waals surface area contributed by atoms with Gasteiger partial charge in [0.25, 0.3) is 0 Å². The summed E-state index contributed by atoms with van der Waals surface area (Å²) in [5.74, 6) is 0.659. The van der Waals surface area contributed by atoms with Crippen LogP contribution in [0.5, 0.6) is 0 Å². The summed E-state index contributed by atoms with van der Waals surface area (Å²) in [7, 11) is 0. The Labute approximate surface area is 91.5 Å². The van der Waals surface area contributed by atoms with Crippen LogP contribution in [0.2, 0.25) is 0 Å². The molecule has 1 unspecified atom stereocenters. The van der Waals surface area contributed by atoms with Crippen LogP contribution < -0.4 is 5.32 Å². The van der Waals surface area contributed by atoms with E-state index in [4.69, 9.17) is 0 Å². The Morgan fingerprint density at radius 1 is 1.36 bits per heavy atom. The molecule has 0 aromatic carbocycles. The zero-order valence-corrected chi connectivity index (χ0v) is 10.7. The minimum atomic E-state index is 0.527. The lowest BCUT2D eigenvalue weighted by Crippen LogP contribution is -2.25. The number of nitrogens with one attached hydrogen (secondary N) is 1. The molecule has 0 aliphatic rings. The average Bonchev–Trinajstić information content (AvgIpc) is 2.40. The normalized spacial score (nSPS) is 13.6. The molecule has 0 aliphatic carbocycles. The molecule has 1 atom stereocenters. The topological polar surface area (TPSA) is 12.0 Å². The molecule has 1 aromatic heterocycles. The van der Waals surface area contributed by atoms with Crippen LogP contribution in [0.4, 0.5) is 0 Å². The Hall–Kier alpha value is -0.340. The monoisotopic (exact) mass is 211 g/mol. The van der Waals surface area contributed by atoms with Crippen LogP contribution >= 0.6 is 11.3 Å². The van der Waals surface area contributed by atoms with Gasteiger partial charge in [0.2, 0.25) is 0 Å². The highest BCUT2D eigenvalue weighted by Crippen LogP contribution is 2.31. The molecule has 0 saturated carbocycles. The molecule has 0 radical (unpaired) electrons. The van der Waals surface area contributed by atoms with E-state index < -0.39 is 0 Å². The fraction of sp³-hybridized carbons (Fsp3) is 0.667. The molecule has 0 aliphatic heterocycles. The summed E-state index contributed by atoms with van der Waals surface area (Å²) in [5.41, 5.74) is 1.44. The van der Waals surface area contributed by atoms with Gasteiger partial charge < -0.3 is 5.32 Å². The maximum absolute atomic E-state index is 3.56. The third-order valence-electron chi connectivity index (χ3n) is 2.45. The fourth-order valence-electron chi connectivity index (χ4n) is 1.82. The van der Waals surface area contributed by atoms with Crippen molar-refractivity contribution in [1.29, 1.82) is 0 Å². The maximum Gasteiger partial charge on any atom is 0.0440 e. The van der Waals surface area contributed by atoms with Crippen molar-refractivity contribution in [2.45, 2.75) is 40.7 Å². The van der Waals surface area contributed by atoms with Crippen LogP contribution in [-0.2, 0) is 0 Å². The van der Waals surface area contributed by atoms with Gasteiger partial charge >= 0.3 is 0 Å². The lowest BCUT2D eigenvalue weighted by molar-refractivity contribution is 0.426. The molecule has 0 bridgehead atoms. The Kier molecular flexibility index (Phi) is 4.14. The summed E-state index contributed by atoms with van der Waals surface area (Å²) >= 11 is 1.93. The molecular formula is C12H21NS. The van der Waals surface area contributed by atoms with E-state index in [-0.39, 0.29) is 0 Å². The average molecular weight is 211 g/mol. The lowest BCUT2D eigenvalue weighted by Gasteiger charge is -2.21. The SMILES string of the molecule is CCNC(c1sc(C)cc1C)C(C)C. The molecule has 80 valence electrons. The van der Waals surface area contributed by atoms with Crippen LogP contribution in [0.3, 0.4) is 0 Å². The summed E-state index contributed by atoms with van der Waals surface area (Å²) in [4.78, 5) is 2.93. The molecule has 1 N–H and O–H groups in total. The van der Waals surface area contributed by atoms with Crippen molar-refractivity contribution < 1.29 is 0 Å². The van der Waals surface area contributed by atoms with Crippen molar-refractivity contribution in [2.75, 3.05) is 6.54 Å². The van der Waals surface area contributed by atoms with E-state index in [1.807, 2.05) is 11.3 Å². The molecule has 1 heterocycles. The van der Waals surface area contributed by atoms with Crippen LogP contribution in [-0.4, -0.2) is 6.54 Å². The predicted molar refractivity (Wildman–Crippen MR) is 65.0 cm³/mol. The lowest BCUT2D eigenvalue weighted by atomic mass is 10.0. The molecule has 0 saturated heterocycles. The second-order valence-corrected chi connectivity index (χ2v) is 5.47.